The van der Waals surface area contributed by atoms with Crippen molar-refractivity contribution in [2.75, 3.05) is 17.1 Å². The normalized spacial score (nSPS) is 14.7. The number of amides is 2. The first-order chi connectivity index (χ1) is 19.6. The third-order valence-electron chi connectivity index (χ3n) is 7.31. The quantitative estimate of drug-likeness (QED) is 0.277. The summed E-state index contributed by atoms with van der Waals surface area (Å²) in [6.45, 7) is -0.721. The fraction of sp³-hybridized carbons (Fsp3) is 0.355. The Balaban J connectivity index is 1.72. The Morgan fingerprint density at radius 1 is 0.951 bits per heavy atom. The summed E-state index contributed by atoms with van der Waals surface area (Å²) in [4.78, 5) is 29.3. The van der Waals surface area contributed by atoms with Gasteiger partial charge in [-0.3, -0.25) is 13.9 Å². The van der Waals surface area contributed by atoms with E-state index in [1.165, 1.54) is 11.0 Å². The van der Waals surface area contributed by atoms with E-state index < -0.39 is 34.3 Å². The van der Waals surface area contributed by atoms with Crippen molar-refractivity contribution in [3.8, 4) is 0 Å². The largest absolute Gasteiger partial charge is 0.352 e. The lowest BCUT2D eigenvalue weighted by molar-refractivity contribution is -0.140. The van der Waals surface area contributed by atoms with Crippen LogP contribution in [0.25, 0.3) is 0 Å². The van der Waals surface area contributed by atoms with E-state index >= 15 is 0 Å². The summed E-state index contributed by atoms with van der Waals surface area (Å²) in [7, 11) is -3.86. The first-order valence-corrected chi connectivity index (χ1v) is 16.6. The van der Waals surface area contributed by atoms with Crippen LogP contribution in [0.2, 0.25) is 0 Å². The second-order valence-electron chi connectivity index (χ2n) is 10.4. The number of hydrogen-bond acceptors (Lipinski definition) is 4. The van der Waals surface area contributed by atoms with Crippen LogP contribution in [0.3, 0.4) is 0 Å². The molecule has 1 fully saturated rings. The van der Waals surface area contributed by atoms with E-state index in [1.54, 1.807) is 42.5 Å². The van der Waals surface area contributed by atoms with Crippen LogP contribution in [0.4, 0.5) is 10.1 Å². The maximum absolute atomic E-state index is 14.9. The number of anilines is 1. The Labute approximate surface area is 255 Å². The molecule has 4 rings (SSSR count). The van der Waals surface area contributed by atoms with Crippen LogP contribution in [0.5, 0.6) is 0 Å². The second-order valence-corrected chi connectivity index (χ2v) is 13.6. The zero-order valence-electron chi connectivity index (χ0n) is 23.0. The van der Waals surface area contributed by atoms with Gasteiger partial charge in [-0.1, -0.05) is 67.8 Å². The number of carbonyl (C=O) groups excluding carboxylic acids is 2. The Morgan fingerprint density at radius 3 is 2.22 bits per heavy atom. The van der Waals surface area contributed by atoms with Crippen LogP contribution in [-0.4, -0.2) is 50.0 Å². The minimum Gasteiger partial charge on any atom is -0.352 e. The number of rotatable bonds is 11. The van der Waals surface area contributed by atoms with Crippen LogP contribution in [-0.2, 0) is 32.6 Å². The SMILES string of the molecule is CS(=O)(=O)N(CC(=O)N(Cc1ccccc1F)C(Cc1ccccc1)C(=O)NC1CCCCC1)c1ccc(I)cc1. The van der Waals surface area contributed by atoms with Gasteiger partial charge < -0.3 is 10.2 Å². The lowest BCUT2D eigenvalue weighted by Gasteiger charge is -2.35. The van der Waals surface area contributed by atoms with Gasteiger partial charge in [-0.2, -0.15) is 0 Å². The van der Waals surface area contributed by atoms with Gasteiger partial charge in [-0.05, 0) is 71.3 Å². The molecule has 1 atom stereocenters. The maximum Gasteiger partial charge on any atom is 0.244 e. The molecule has 0 spiro atoms. The van der Waals surface area contributed by atoms with Crippen molar-refractivity contribution >= 4 is 50.1 Å². The summed E-state index contributed by atoms with van der Waals surface area (Å²) < 4.78 is 42.5. The lowest BCUT2D eigenvalue weighted by Crippen LogP contribution is -2.55. The van der Waals surface area contributed by atoms with E-state index in [0.29, 0.717) is 5.69 Å². The predicted octanol–water partition coefficient (Wildman–Crippen LogP) is 5.29. The van der Waals surface area contributed by atoms with Gasteiger partial charge in [0.25, 0.3) is 0 Å². The summed E-state index contributed by atoms with van der Waals surface area (Å²) in [5.74, 6) is -1.43. The fourth-order valence-corrected chi connectivity index (χ4v) is 6.34. The van der Waals surface area contributed by atoms with Crippen molar-refractivity contribution < 1.29 is 22.4 Å². The van der Waals surface area contributed by atoms with Crippen LogP contribution >= 0.6 is 22.6 Å². The van der Waals surface area contributed by atoms with Gasteiger partial charge >= 0.3 is 0 Å². The van der Waals surface area contributed by atoms with Crippen molar-refractivity contribution in [3.05, 3.63) is 99.4 Å². The molecule has 2 amide bonds. The molecule has 0 aromatic heterocycles. The minimum atomic E-state index is -3.86. The highest BCUT2D eigenvalue weighted by Crippen LogP contribution is 2.23. The van der Waals surface area contributed by atoms with E-state index in [-0.39, 0.29) is 30.5 Å². The number of sulfonamides is 1. The van der Waals surface area contributed by atoms with E-state index in [9.17, 15) is 22.4 Å². The summed E-state index contributed by atoms with van der Waals surface area (Å²) in [6.07, 6.45) is 6.12. The van der Waals surface area contributed by atoms with Gasteiger partial charge in [0.05, 0.1) is 11.9 Å². The lowest BCUT2D eigenvalue weighted by atomic mass is 9.94. The highest BCUT2D eigenvalue weighted by Gasteiger charge is 2.34. The number of nitrogens with zero attached hydrogens (tertiary/aromatic N) is 2. The zero-order valence-corrected chi connectivity index (χ0v) is 26.0. The van der Waals surface area contributed by atoms with Crippen molar-refractivity contribution in [1.82, 2.24) is 10.2 Å². The van der Waals surface area contributed by atoms with E-state index in [4.69, 9.17) is 0 Å². The molecule has 0 bridgehead atoms. The predicted molar refractivity (Wildman–Crippen MR) is 167 cm³/mol. The molecule has 0 saturated heterocycles. The molecule has 1 aliphatic rings. The Hall–Kier alpha value is -2.99. The van der Waals surface area contributed by atoms with Crippen LogP contribution < -0.4 is 9.62 Å². The van der Waals surface area contributed by atoms with Crippen LogP contribution in [0.15, 0.2) is 78.9 Å². The Kier molecular flexibility index (Phi) is 10.8. The van der Waals surface area contributed by atoms with Gasteiger partial charge in [-0.15, -0.1) is 0 Å². The third kappa shape index (κ3) is 8.75. The number of benzene rings is 3. The topological polar surface area (TPSA) is 86.8 Å². The van der Waals surface area contributed by atoms with Crippen molar-refractivity contribution in [3.63, 3.8) is 0 Å². The van der Waals surface area contributed by atoms with Crippen molar-refractivity contribution in [2.45, 2.75) is 57.2 Å². The van der Waals surface area contributed by atoms with Gasteiger partial charge in [-0.25, -0.2) is 12.8 Å². The fourth-order valence-electron chi connectivity index (χ4n) is 5.13. The third-order valence-corrected chi connectivity index (χ3v) is 9.17. The molecule has 0 heterocycles. The highest BCUT2D eigenvalue weighted by molar-refractivity contribution is 14.1. The van der Waals surface area contributed by atoms with Gasteiger partial charge in [0.15, 0.2) is 0 Å². The summed E-state index contributed by atoms with van der Waals surface area (Å²) in [5, 5.41) is 3.14. The molecular formula is C31H35FIN3O4S. The highest BCUT2D eigenvalue weighted by atomic mass is 127. The first kappa shape index (κ1) is 31.0. The summed E-state index contributed by atoms with van der Waals surface area (Å²) >= 11 is 2.12. The molecule has 1 unspecified atom stereocenters. The first-order valence-electron chi connectivity index (χ1n) is 13.7. The van der Waals surface area contributed by atoms with E-state index in [1.807, 2.05) is 30.3 Å². The molecule has 3 aromatic rings. The molecule has 0 aliphatic heterocycles. The molecule has 1 saturated carbocycles. The number of carbonyl (C=O) groups is 2. The standard InChI is InChI=1S/C31H35FIN3O4S/c1-41(39,40)36(27-18-16-25(33)17-19-27)22-30(37)35(21-24-12-8-9-15-28(24)32)29(20-23-10-4-2-5-11-23)31(38)34-26-13-6-3-7-14-26/h2,4-5,8-12,15-19,26,29H,3,6-7,13-14,20-22H2,1H3,(H,34,38). The molecule has 10 heteroatoms. The number of nitrogens with one attached hydrogen (secondary N) is 1. The molecule has 3 aromatic carbocycles. The minimum absolute atomic E-state index is 0.000698. The van der Waals surface area contributed by atoms with Gasteiger partial charge in [0, 0.05) is 28.1 Å². The van der Waals surface area contributed by atoms with Gasteiger partial charge in [0.2, 0.25) is 21.8 Å². The van der Waals surface area contributed by atoms with Gasteiger partial charge in [0.1, 0.15) is 18.4 Å². The monoisotopic (exact) mass is 691 g/mol. The van der Waals surface area contributed by atoms with Crippen molar-refractivity contribution in [1.29, 1.82) is 0 Å². The summed E-state index contributed by atoms with van der Waals surface area (Å²) in [5.41, 5.74) is 1.41. The molecular weight excluding hydrogens is 656 g/mol. The Morgan fingerprint density at radius 2 is 1.59 bits per heavy atom. The molecule has 1 aliphatic carbocycles. The second kappa shape index (κ2) is 14.3. The van der Waals surface area contributed by atoms with E-state index in [0.717, 1.165) is 51.8 Å². The molecule has 0 radical (unpaired) electrons. The molecule has 218 valence electrons. The average Bonchev–Trinajstić information content (AvgIpc) is 2.95. The maximum atomic E-state index is 14.9. The van der Waals surface area contributed by atoms with Crippen LogP contribution in [0.1, 0.15) is 43.2 Å². The van der Waals surface area contributed by atoms with Crippen molar-refractivity contribution in [2.24, 2.45) is 0 Å². The van der Waals surface area contributed by atoms with E-state index in [2.05, 4.69) is 27.9 Å². The zero-order chi connectivity index (χ0) is 29.4. The molecule has 41 heavy (non-hydrogen) atoms. The number of halogens is 2. The molecule has 1 N–H and O–H groups in total. The Bertz CT molecular complexity index is 1430. The number of hydrogen-bond donors (Lipinski definition) is 1. The summed E-state index contributed by atoms with van der Waals surface area (Å²) in [6, 6.07) is 21.2. The smallest absolute Gasteiger partial charge is 0.244 e. The average molecular weight is 692 g/mol. The molecule has 7 nitrogen and oxygen atoms in total. The van der Waals surface area contributed by atoms with Crippen LogP contribution in [0, 0.1) is 9.39 Å².